The lowest BCUT2D eigenvalue weighted by Gasteiger charge is -2.38. The first-order valence-corrected chi connectivity index (χ1v) is 8.17. The Bertz CT molecular complexity index is 919. The third kappa shape index (κ3) is 2.97. The molecule has 2 N–H and O–H groups in total. The maximum atomic E-state index is 12.2. The number of hydrogen-bond acceptors (Lipinski definition) is 6. The molecule has 0 bridgehead atoms. The quantitative estimate of drug-likeness (QED) is 0.793. The highest BCUT2D eigenvalue weighted by Crippen LogP contribution is 2.40. The molecule has 0 radical (unpaired) electrons. The van der Waals surface area contributed by atoms with Crippen molar-refractivity contribution in [3.8, 4) is 11.5 Å². The second-order valence-corrected chi connectivity index (χ2v) is 6.32. The van der Waals surface area contributed by atoms with Gasteiger partial charge in [-0.1, -0.05) is 16.8 Å². The lowest BCUT2D eigenvalue weighted by molar-refractivity contribution is -0.131. The summed E-state index contributed by atoms with van der Waals surface area (Å²) in [5.41, 5.74) is 6.00. The van der Waals surface area contributed by atoms with E-state index in [9.17, 15) is 9.59 Å². The van der Waals surface area contributed by atoms with E-state index < -0.39 is 5.91 Å². The minimum absolute atomic E-state index is 0.0204. The van der Waals surface area contributed by atoms with Crippen molar-refractivity contribution in [3.63, 3.8) is 0 Å². The monoisotopic (exact) mass is 375 g/mol. The van der Waals surface area contributed by atoms with Crippen LogP contribution in [0.2, 0.25) is 5.02 Å². The van der Waals surface area contributed by atoms with E-state index in [-0.39, 0.29) is 24.4 Å². The van der Waals surface area contributed by atoms with E-state index in [4.69, 9.17) is 26.8 Å². The van der Waals surface area contributed by atoms with Gasteiger partial charge in [0.05, 0.1) is 17.3 Å². The Morgan fingerprint density at radius 2 is 2.12 bits per heavy atom. The molecule has 2 amide bonds. The molecule has 134 valence electrons. The van der Waals surface area contributed by atoms with Crippen molar-refractivity contribution in [3.05, 3.63) is 40.7 Å². The number of ether oxygens (including phenoxy) is 2. The number of aromatic nitrogens is 3. The highest BCUT2D eigenvalue weighted by Gasteiger charge is 2.32. The van der Waals surface area contributed by atoms with Gasteiger partial charge in [0.1, 0.15) is 0 Å². The number of nitrogens with two attached hydrogens (primary N) is 1. The first-order chi connectivity index (χ1) is 12.5. The van der Waals surface area contributed by atoms with Crippen LogP contribution in [0.15, 0.2) is 24.4 Å². The minimum Gasteiger partial charge on any atom is -0.454 e. The Hall–Kier alpha value is -3.07. The standard InChI is InChI=1S/C16H14ClN5O4/c17-11-3-9(4-13-15(11)26-8-25-13)1-2-14(23)21-5-10(6-21)22-7-12(16(18)24)19-20-22/h1-4,7,10H,5-6,8H2,(H2,18,24). The predicted octanol–water partition coefficient (Wildman–Crippen LogP) is 0.856. The molecule has 0 saturated carbocycles. The fraction of sp³-hybridized carbons (Fsp3) is 0.250. The second-order valence-electron chi connectivity index (χ2n) is 5.91. The van der Waals surface area contributed by atoms with Crippen molar-refractivity contribution in [2.75, 3.05) is 19.9 Å². The van der Waals surface area contributed by atoms with Gasteiger partial charge in [-0.15, -0.1) is 5.10 Å². The van der Waals surface area contributed by atoms with Gasteiger partial charge in [0, 0.05) is 19.2 Å². The first-order valence-electron chi connectivity index (χ1n) is 7.79. The van der Waals surface area contributed by atoms with Gasteiger partial charge in [0.15, 0.2) is 17.2 Å². The SMILES string of the molecule is NC(=O)c1cn(C2CN(C(=O)C=Cc3cc(Cl)c4c(c3)OCO4)C2)nn1. The molecule has 1 aromatic carbocycles. The zero-order valence-corrected chi connectivity index (χ0v) is 14.2. The summed E-state index contributed by atoms with van der Waals surface area (Å²) in [5.74, 6) is 0.313. The van der Waals surface area contributed by atoms with Crippen LogP contribution >= 0.6 is 11.6 Å². The number of halogens is 1. The number of rotatable bonds is 4. The second kappa shape index (κ2) is 6.34. The Balaban J connectivity index is 1.37. The third-order valence-corrected chi connectivity index (χ3v) is 4.46. The van der Waals surface area contributed by atoms with Crippen LogP contribution in [0, 0.1) is 0 Å². The van der Waals surface area contributed by atoms with Crippen LogP contribution in [-0.2, 0) is 4.79 Å². The number of carbonyl (C=O) groups excluding carboxylic acids is 2. The lowest BCUT2D eigenvalue weighted by Crippen LogP contribution is -2.50. The van der Waals surface area contributed by atoms with E-state index >= 15 is 0 Å². The predicted molar refractivity (Wildman–Crippen MR) is 90.8 cm³/mol. The molecule has 26 heavy (non-hydrogen) atoms. The summed E-state index contributed by atoms with van der Waals surface area (Å²) in [6, 6.07) is 3.45. The number of benzene rings is 1. The van der Waals surface area contributed by atoms with Gasteiger partial charge >= 0.3 is 0 Å². The number of likely N-dealkylation sites (tertiary alicyclic amines) is 1. The van der Waals surface area contributed by atoms with E-state index in [0.29, 0.717) is 29.6 Å². The summed E-state index contributed by atoms with van der Waals surface area (Å²) in [5, 5.41) is 7.98. The summed E-state index contributed by atoms with van der Waals surface area (Å²) in [7, 11) is 0. The van der Waals surface area contributed by atoms with Crippen molar-refractivity contribution in [2.45, 2.75) is 6.04 Å². The van der Waals surface area contributed by atoms with E-state index in [1.165, 1.54) is 12.3 Å². The van der Waals surface area contributed by atoms with Crippen molar-refractivity contribution in [1.29, 1.82) is 0 Å². The molecule has 9 nitrogen and oxygen atoms in total. The molecular weight excluding hydrogens is 362 g/mol. The molecule has 2 aromatic rings. The van der Waals surface area contributed by atoms with Crippen molar-refractivity contribution >= 4 is 29.5 Å². The molecular formula is C16H14ClN5O4. The van der Waals surface area contributed by atoms with Gasteiger partial charge in [-0.05, 0) is 23.8 Å². The molecule has 1 saturated heterocycles. The van der Waals surface area contributed by atoms with Gasteiger partial charge in [0.2, 0.25) is 12.7 Å². The maximum absolute atomic E-state index is 12.2. The Morgan fingerprint density at radius 1 is 1.31 bits per heavy atom. The molecule has 4 rings (SSSR count). The van der Waals surface area contributed by atoms with E-state index in [2.05, 4.69) is 10.3 Å². The van der Waals surface area contributed by atoms with Crippen LogP contribution in [0.25, 0.3) is 6.08 Å². The molecule has 0 aliphatic carbocycles. The van der Waals surface area contributed by atoms with E-state index in [1.807, 2.05) is 0 Å². The number of hydrogen-bond donors (Lipinski definition) is 1. The summed E-state index contributed by atoms with van der Waals surface area (Å²) >= 11 is 6.12. The van der Waals surface area contributed by atoms with Crippen molar-refractivity contribution in [1.82, 2.24) is 19.9 Å². The van der Waals surface area contributed by atoms with Crippen LogP contribution in [0.4, 0.5) is 0 Å². The summed E-state index contributed by atoms with van der Waals surface area (Å²) in [4.78, 5) is 24.9. The number of amides is 2. The molecule has 1 aromatic heterocycles. The van der Waals surface area contributed by atoms with E-state index in [0.717, 1.165) is 5.56 Å². The normalized spacial score (nSPS) is 16.1. The highest BCUT2D eigenvalue weighted by atomic mass is 35.5. The lowest BCUT2D eigenvalue weighted by atomic mass is 10.1. The van der Waals surface area contributed by atoms with Crippen LogP contribution < -0.4 is 15.2 Å². The molecule has 1 fully saturated rings. The van der Waals surface area contributed by atoms with Gasteiger partial charge in [-0.2, -0.15) is 0 Å². The van der Waals surface area contributed by atoms with Crippen molar-refractivity contribution < 1.29 is 19.1 Å². The Labute approximate surface area is 152 Å². The van der Waals surface area contributed by atoms with Crippen LogP contribution in [0.5, 0.6) is 11.5 Å². The summed E-state index contributed by atoms with van der Waals surface area (Å²) < 4.78 is 12.1. The van der Waals surface area contributed by atoms with Gasteiger partial charge < -0.3 is 20.1 Å². The fourth-order valence-electron chi connectivity index (χ4n) is 2.73. The van der Waals surface area contributed by atoms with Crippen LogP contribution in [0.3, 0.4) is 0 Å². The Morgan fingerprint density at radius 3 is 2.85 bits per heavy atom. The summed E-state index contributed by atoms with van der Waals surface area (Å²) in [6.45, 7) is 1.09. The molecule has 2 aliphatic rings. The molecule has 3 heterocycles. The summed E-state index contributed by atoms with van der Waals surface area (Å²) in [6.07, 6.45) is 4.63. The van der Waals surface area contributed by atoms with Gasteiger partial charge in [-0.3, -0.25) is 9.59 Å². The highest BCUT2D eigenvalue weighted by molar-refractivity contribution is 6.32. The topological polar surface area (TPSA) is 113 Å². The molecule has 2 aliphatic heterocycles. The van der Waals surface area contributed by atoms with Gasteiger partial charge in [0.25, 0.3) is 5.91 Å². The number of carbonyl (C=O) groups is 2. The van der Waals surface area contributed by atoms with Crippen LogP contribution in [-0.4, -0.2) is 51.6 Å². The van der Waals surface area contributed by atoms with Crippen molar-refractivity contribution in [2.24, 2.45) is 5.73 Å². The molecule has 0 spiro atoms. The van der Waals surface area contributed by atoms with Crippen LogP contribution in [0.1, 0.15) is 22.1 Å². The smallest absolute Gasteiger partial charge is 0.270 e. The zero-order chi connectivity index (χ0) is 18.3. The first kappa shape index (κ1) is 16.4. The maximum Gasteiger partial charge on any atom is 0.270 e. The van der Waals surface area contributed by atoms with E-state index in [1.54, 1.807) is 27.8 Å². The Kier molecular flexibility index (Phi) is 4.00. The molecule has 0 unspecified atom stereocenters. The molecule has 0 atom stereocenters. The average Bonchev–Trinajstić information content (AvgIpc) is 3.21. The largest absolute Gasteiger partial charge is 0.454 e. The fourth-order valence-corrected chi connectivity index (χ4v) is 3.00. The minimum atomic E-state index is -0.631. The number of fused-ring (bicyclic) bond motifs is 1. The zero-order valence-electron chi connectivity index (χ0n) is 13.5. The number of nitrogens with zero attached hydrogens (tertiary/aromatic N) is 4. The van der Waals surface area contributed by atoms with Gasteiger partial charge in [-0.25, -0.2) is 4.68 Å². The molecule has 10 heteroatoms. The number of primary amides is 1. The third-order valence-electron chi connectivity index (χ3n) is 4.18. The average molecular weight is 376 g/mol.